The van der Waals surface area contributed by atoms with Crippen molar-refractivity contribution in [2.75, 3.05) is 19.0 Å². The number of ether oxygens (including phenoxy) is 1. The smallest absolute Gasteiger partial charge is 0.248 e. The molecule has 3 N–H and O–H groups in total. The van der Waals surface area contributed by atoms with Gasteiger partial charge in [0.05, 0.1) is 7.11 Å². The van der Waals surface area contributed by atoms with E-state index in [9.17, 15) is 8.78 Å². The molecule has 0 heterocycles. The molecular formula is C15H22F2IN3O. The van der Waals surface area contributed by atoms with Crippen molar-refractivity contribution in [1.29, 1.82) is 0 Å². The normalized spacial score (nSPS) is 20.9. The second kappa shape index (κ2) is 8.50. The topological polar surface area (TPSA) is 59.6 Å². The van der Waals surface area contributed by atoms with Crippen LogP contribution < -0.4 is 15.8 Å². The molecule has 1 atom stereocenters. The van der Waals surface area contributed by atoms with E-state index in [1.54, 1.807) is 13.2 Å². The first-order chi connectivity index (χ1) is 9.98. The van der Waals surface area contributed by atoms with Crippen LogP contribution in [0.25, 0.3) is 0 Å². The molecule has 0 aliphatic heterocycles. The summed E-state index contributed by atoms with van der Waals surface area (Å²) in [6, 6.07) is 7.27. The second-order valence-electron chi connectivity index (χ2n) is 5.40. The Balaban J connectivity index is 0.00000242. The van der Waals surface area contributed by atoms with Crippen LogP contribution in [0.2, 0.25) is 0 Å². The third-order valence-electron chi connectivity index (χ3n) is 3.60. The number of benzene rings is 1. The van der Waals surface area contributed by atoms with Crippen LogP contribution >= 0.6 is 24.0 Å². The molecule has 7 heteroatoms. The maximum Gasteiger partial charge on any atom is 0.248 e. The predicted octanol–water partition coefficient (Wildman–Crippen LogP) is 3.87. The molecule has 22 heavy (non-hydrogen) atoms. The molecule has 4 nitrogen and oxygen atoms in total. The van der Waals surface area contributed by atoms with Gasteiger partial charge in [-0.05, 0) is 30.9 Å². The molecule has 2 rings (SSSR count). The van der Waals surface area contributed by atoms with Crippen LogP contribution in [0.4, 0.5) is 14.5 Å². The van der Waals surface area contributed by atoms with Gasteiger partial charge in [0.15, 0.2) is 5.96 Å². The van der Waals surface area contributed by atoms with Crippen LogP contribution in [0.1, 0.15) is 25.7 Å². The van der Waals surface area contributed by atoms with Gasteiger partial charge >= 0.3 is 0 Å². The van der Waals surface area contributed by atoms with Crippen molar-refractivity contribution < 1.29 is 13.5 Å². The number of nitrogens with zero attached hydrogens (tertiary/aromatic N) is 1. The zero-order valence-corrected chi connectivity index (χ0v) is 14.8. The van der Waals surface area contributed by atoms with Crippen molar-refractivity contribution in [3.63, 3.8) is 0 Å². The fourth-order valence-electron chi connectivity index (χ4n) is 2.55. The highest BCUT2D eigenvalue weighted by molar-refractivity contribution is 14.0. The fraction of sp³-hybridized carbons (Fsp3) is 0.533. The standard InChI is InChI=1S/C15H21F2N3O.HI/c1-21-13-6-2-5-12(8-13)20-14(18)19-10-11-4-3-7-15(16,17)9-11;/h2,5-6,8,11H,3-4,7,9-10H2,1H3,(H3,18,19,20);1H. The first-order valence-electron chi connectivity index (χ1n) is 7.07. The minimum absolute atomic E-state index is 0. The highest BCUT2D eigenvalue weighted by Crippen LogP contribution is 2.36. The van der Waals surface area contributed by atoms with Crippen molar-refractivity contribution in [2.24, 2.45) is 16.6 Å². The molecule has 124 valence electrons. The lowest BCUT2D eigenvalue weighted by atomic mass is 9.87. The van der Waals surface area contributed by atoms with Gasteiger partial charge in [-0.25, -0.2) is 8.78 Å². The van der Waals surface area contributed by atoms with Crippen molar-refractivity contribution in [2.45, 2.75) is 31.6 Å². The second-order valence-corrected chi connectivity index (χ2v) is 5.40. The lowest BCUT2D eigenvalue weighted by molar-refractivity contribution is -0.0507. The largest absolute Gasteiger partial charge is 0.497 e. The molecule has 1 aliphatic carbocycles. The minimum atomic E-state index is -2.55. The van der Waals surface area contributed by atoms with Crippen LogP contribution in [0.3, 0.4) is 0 Å². The highest BCUT2D eigenvalue weighted by atomic mass is 127. The number of rotatable bonds is 4. The quantitative estimate of drug-likeness (QED) is 0.438. The molecule has 1 saturated carbocycles. The molecule has 1 unspecified atom stereocenters. The Kier molecular flexibility index (Phi) is 7.31. The molecule has 1 aliphatic rings. The summed E-state index contributed by atoms with van der Waals surface area (Å²) in [6.45, 7) is 0.332. The highest BCUT2D eigenvalue weighted by Gasteiger charge is 2.35. The van der Waals surface area contributed by atoms with E-state index < -0.39 is 5.92 Å². The summed E-state index contributed by atoms with van der Waals surface area (Å²) in [6.07, 6.45) is 1.23. The van der Waals surface area contributed by atoms with E-state index in [-0.39, 0.29) is 48.7 Å². The summed E-state index contributed by atoms with van der Waals surface area (Å²) in [5, 5.41) is 2.94. The van der Waals surface area contributed by atoms with Gasteiger partial charge in [-0.15, -0.1) is 24.0 Å². The third kappa shape index (κ3) is 5.94. The molecule has 0 spiro atoms. The molecule has 0 aromatic heterocycles. The number of methoxy groups -OCH3 is 1. The summed E-state index contributed by atoms with van der Waals surface area (Å²) in [4.78, 5) is 4.17. The summed E-state index contributed by atoms with van der Waals surface area (Å²) >= 11 is 0. The summed E-state index contributed by atoms with van der Waals surface area (Å²) in [5.74, 6) is -1.70. The van der Waals surface area contributed by atoms with Crippen LogP contribution in [0, 0.1) is 5.92 Å². The van der Waals surface area contributed by atoms with E-state index >= 15 is 0 Å². The van der Waals surface area contributed by atoms with E-state index in [2.05, 4.69) is 10.3 Å². The molecule has 1 aromatic carbocycles. The van der Waals surface area contributed by atoms with Gasteiger partial charge in [0.1, 0.15) is 5.75 Å². The Bertz CT molecular complexity index is 511. The van der Waals surface area contributed by atoms with Gasteiger partial charge in [-0.1, -0.05) is 6.07 Å². The number of nitrogens with one attached hydrogen (secondary N) is 1. The number of hydrogen-bond acceptors (Lipinski definition) is 2. The first kappa shape index (κ1) is 18.9. The number of halogens is 3. The summed E-state index contributed by atoms with van der Waals surface area (Å²) in [7, 11) is 1.58. The van der Waals surface area contributed by atoms with Gasteiger partial charge in [0.2, 0.25) is 5.92 Å². The van der Waals surface area contributed by atoms with E-state index in [0.717, 1.165) is 12.1 Å². The Morgan fingerprint density at radius 2 is 2.27 bits per heavy atom. The Labute approximate surface area is 146 Å². The minimum Gasteiger partial charge on any atom is -0.497 e. The maximum absolute atomic E-state index is 13.3. The van der Waals surface area contributed by atoms with Gasteiger partial charge in [0.25, 0.3) is 0 Å². The van der Waals surface area contributed by atoms with E-state index in [4.69, 9.17) is 10.5 Å². The van der Waals surface area contributed by atoms with Crippen LogP contribution in [0.15, 0.2) is 29.3 Å². The molecule has 1 fully saturated rings. The van der Waals surface area contributed by atoms with Gasteiger partial charge in [-0.2, -0.15) is 0 Å². The molecule has 0 amide bonds. The van der Waals surface area contributed by atoms with E-state index in [1.165, 1.54) is 0 Å². The molecule has 0 radical (unpaired) electrons. The van der Waals surface area contributed by atoms with Crippen LogP contribution in [-0.2, 0) is 0 Å². The van der Waals surface area contributed by atoms with Crippen molar-refractivity contribution >= 4 is 35.6 Å². The predicted molar refractivity (Wildman–Crippen MR) is 95.4 cm³/mol. The average Bonchev–Trinajstić information content (AvgIpc) is 2.44. The molecule has 1 aromatic rings. The van der Waals surface area contributed by atoms with Crippen LogP contribution in [0.5, 0.6) is 5.75 Å². The summed E-state index contributed by atoms with van der Waals surface area (Å²) < 4.78 is 31.7. The van der Waals surface area contributed by atoms with Crippen LogP contribution in [-0.4, -0.2) is 25.5 Å². The van der Waals surface area contributed by atoms with E-state index in [0.29, 0.717) is 18.7 Å². The molecule has 0 saturated heterocycles. The monoisotopic (exact) mass is 425 g/mol. The first-order valence-corrected chi connectivity index (χ1v) is 7.07. The number of nitrogens with two attached hydrogens (primary N) is 1. The zero-order chi connectivity index (χ0) is 15.3. The summed E-state index contributed by atoms with van der Waals surface area (Å²) in [5.41, 5.74) is 6.55. The number of alkyl halides is 2. The maximum atomic E-state index is 13.3. The van der Waals surface area contributed by atoms with Gasteiger partial charge in [-0.3, -0.25) is 4.99 Å². The fourth-order valence-corrected chi connectivity index (χ4v) is 2.55. The lowest BCUT2D eigenvalue weighted by Gasteiger charge is -2.27. The molecular weight excluding hydrogens is 403 g/mol. The lowest BCUT2D eigenvalue weighted by Crippen LogP contribution is -2.29. The zero-order valence-electron chi connectivity index (χ0n) is 12.5. The Morgan fingerprint density at radius 1 is 1.50 bits per heavy atom. The van der Waals surface area contributed by atoms with Crippen molar-refractivity contribution in [1.82, 2.24) is 0 Å². The number of anilines is 1. The number of aliphatic imine (C=N–C) groups is 1. The Hall–Kier alpha value is -1.12. The van der Waals surface area contributed by atoms with Gasteiger partial charge < -0.3 is 15.8 Å². The van der Waals surface area contributed by atoms with Crippen molar-refractivity contribution in [3.05, 3.63) is 24.3 Å². The third-order valence-corrected chi connectivity index (χ3v) is 3.60. The van der Waals surface area contributed by atoms with Crippen molar-refractivity contribution in [3.8, 4) is 5.75 Å². The number of guanidine groups is 1. The SMILES string of the molecule is COc1cccc(NC(N)=NCC2CCCC(F)(F)C2)c1.I. The van der Waals surface area contributed by atoms with E-state index in [1.807, 2.05) is 18.2 Å². The van der Waals surface area contributed by atoms with Gasteiger partial charge in [0, 0.05) is 31.1 Å². The Morgan fingerprint density at radius 3 is 2.95 bits per heavy atom. The molecule has 0 bridgehead atoms. The number of hydrogen-bond donors (Lipinski definition) is 2. The average molecular weight is 425 g/mol.